The maximum absolute atomic E-state index is 5.85. The van der Waals surface area contributed by atoms with Crippen LogP contribution in [-0.2, 0) is 7.05 Å². The van der Waals surface area contributed by atoms with Gasteiger partial charge in [0.25, 0.3) is 0 Å². The number of ether oxygens (including phenoxy) is 1. The Kier molecular flexibility index (Phi) is 2.84. The number of nitrogens with zero attached hydrogens (tertiary/aromatic N) is 2. The maximum Gasteiger partial charge on any atom is 0.238 e. The predicted octanol–water partition coefficient (Wildman–Crippen LogP) is 3.52. The van der Waals surface area contributed by atoms with Crippen LogP contribution in [0.25, 0.3) is 0 Å². The molecule has 0 radical (unpaired) electrons. The number of rotatable bonds is 2. The molecule has 2 aromatic rings. The molecule has 0 amide bonds. The van der Waals surface area contributed by atoms with Crippen molar-refractivity contribution >= 4 is 23.2 Å². The van der Waals surface area contributed by atoms with Gasteiger partial charge in [0.05, 0.1) is 10.0 Å². The second kappa shape index (κ2) is 4.13. The second-order valence-electron chi connectivity index (χ2n) is 3.01. The third-order valence-electron chi connectivity index (χ3n) is 1.80. The first kappa shape index (κ1) is 10.3. The first-order chi connectivity index (χ1) is 7.15. The molecule has 5 heteroatoms. The van der Waals surface area contributed by atoms with Crippen molar-refractivity contribution in [3.63, 3.8) is 0 Å². The lowest BCUT2D eigenvalue weighted by Gasteiger charge is -2.02. The largest absolute Gasteiger partial charge is 0.437 e. The third kappa shape index (κ3) is 2.43. The van der Waals surface area contributed by atoms with Gasteiger partial charge in [0.1, 0.15) is 5.75 Å². The maximum atomic E-state index is 5.85. The lowest BCUT2D eigenvalue weighted by atomic mass is 10.3. The van der Waals surface area contributed by atoms with Crippen molar-refractivity contribution in [3.8, 4) is 11.6 Å². The summed E-state index contributed by atoms with van der Waals surface area (Å²) in [4.78, 5) is 0. The van der Waals surface area contributed by atoms with E-state index in [0.717, 1.165) is 0 Å². The zero-order valence-corrected chi connectivity index (χ0v) is 9.46. The summed E-state index contributed by atoms with van der Waals surface area (Å²) in [7, 11) is 1.82. The van der Waals surface area contributed by atoms with Crippen molar-refractivity contribution in [2.45, 2.75) is 0 Å². The zero-order chi connectivity index (χ0) is 10.8. The van der Waals surface area contributed by atoms with Crippen molar-refractivity contribution in [3.05, 3.63) is 40.5 Å². The summed E-state index contributed by atoms with van der Waals surface area (Å²) < 4.78 is 7.12. The number of aryl methyl sites for hydroxylation is 1. The molecular formula is C10H8Cl2N2O. The molecule has 0 aliphatic carbocycles. The first-order valence-electron chi connectivity index (χ1n) is 4.28. The van der Waals surface area contributed by atoms with E-state index < -0.39 is 0 Å². The Hall–Kier alpha value is -1.19. The predicted molar refractivity (Wildman–Crippen MR) is 59.7 cm³/mol. The minimum absolute atomic E-state index is 0.463. The molecule has 0 atom stereocenters. The van der Waals surface area contributed by atoms with Crippen molar-refractivity contribution in [2.75, 3.05) is 0 Å². The zero-order valence-electron chi connectivity index (χ0n) is 7.95. The van der Waals surface area contributed by atoms with Crippen LogP contribution in [0.15, 0.2) is 30.5 Å². The highest BCUT2D eigenvalue weighted by Crippen LogP contribution is 2.28. The highest BCUT2D eigenvalue weighted by Gasteiger charge is 2.03. The number of hydrogen-bond donors (Lipinski definition) is 0. The summed E-state index contributed by atoms with van der Waals surface area (Å²) in [6, 6.07) is 6.84. The fourth-order valence-corrected chi connectivity index (χ4v) is 1.40. The lowest BCUT2D eigenvalue weighted by Crippen LogP contribution is -1.89. The van der Waals surface area contributed by atoms with Gasteiger partial charge in [0.15, 0.2) is 0 Å². The average molecular weight is 243 g/mol. The van der Waals surface area contributed by atoms with E-state index in [1.54, 1.807) is 35.1 Å². The van der Waals surface area contributed by atoms with Gasteiger partial charge in [-0.25, -0.2) is 0 Å². The van der Waals surface area contributed by atoms with Crippen LogP contribution in [0.5, 0.6) is 11.6 Å². The Labute approximate surface area is 97.2 Å². The van der Waals surface area contributed by atoms with E-state index in [4.69, 9.17) is 27.9 Å². The molecule has 0 saturated heterocycles. The number of halogens is 2. The topological polar surface area (TPSA) is 27.1 Å². The second-order valence-corrected chi connectivity index (χ2v) is 3.82. The molecule has 78 valence electrons. The van der Waals surface area contributed by atoms with E-state index in [2.05, 4.69) is 5.10 Å². The average Bonchev–Trinajstić information content (AvgIpc) is 2.58. The third-order valence-corrected chi connectivity index (χ3v) is 2.54. The standard InChI is InChI=1S/C10H8Cl2N2O/c1-14-5-4-10(13-14)15-7-2-3-8(11)9(12)6-7/h2-6H,1H3. The van der Waals surface area contributed by atoms with E-state index in [0.29, 0.717) is 21.7 Å². The molecule has 0 bridgehead atoms. The molecule has 0 saturated carbocycles. The Bertz CT molecular complexity index is 482. The Morgan fingerprint density at radius 2 is 2.00 bits per heavy atom. The van der Waals surface area contributed by atoms with Gasteiger partial charge in [0.2, 0.25) is 5.88 Å². The minimum atomic E-state index is 0.463. The lowest BCUT2D eigenvalue weighted by molar-refractivity contribution is 0.454. The van der Waals surface area contributed by atoms with Gasteiger partial charge < -0.3 is 4.74 Å². The molecule has 0 unspecified atom stereocenters. The molecule has 1 heterocycles. The summed E-state index contributed by atoms with van der Waals surface area (Å²) in [6.07, 6.45) is 1.80. The fourth-order valence-electron chi connectivity index (χ4n) is 1.11. The normalized spacial score (nSPS) is 10.3. The van der Waals surface area contributed by atoms with Gasteiger partial charge in [0, 0.05) is 25.4 Å². The summed E-state index contributed by atoms with van der Waals surface area (Å²) in [5.74, 6) is 1.14. The van der Waals surface area contributed by atoms with Crippen LogP contribution in [0.2, 0.25) is 10.0 Å². The summed E-state index contributed by atoms with van der Waals surface area (Å²) in [6.45, 7) is 0. The van der Waals surface area contributed by atoms with Gasteiger partial charge in [-0.05, 0) is 12.1 Å². The van der Waals surface area contributed by atoms with E-state index in [1.807, 2.05) is 7.05 Å². The van der Waals surface area contributed by atoms with Crippen LogP contribution in [-0.4, -0.2) is 9.78 Å². The van der Waals surface area contributed by atoms with Crippen LogP contribution in [0.3, 0.4) is 0 Å². The number of hydrogen-bond acceptors (Lipinski definition) is 2. The van der Waals surface area contributed by atoms with Crippen LogP contribution in [0.1, 0.15) is 0 Å². The molecular weight excluding hydrogens is 235 g/mol. The van der Waals surface area contributed by atoms with Gasteiger partial charge in [-0.2, -0.15) is 0 Å². The SMILES string of the molecule is Cn1ccc(Oc2ccc(Cl)c(Cl)c2)n1. The first-order valence-corrected chi connectivity index (χ1v) is 5.03. The van der Waals surface area contributed by atoms with E-state index >= 15 is 0 Å². The van der Waals surface area contributed by atoms with Gasteiger partial charge in [-0.3, -0.25) is 4.68 Å². The van der Waals surface area contributed by atoms with Gasteiger partial charge >= 0.3 is 0 Å². The van der Waals surface area contributed by atoms with Gasteiger partial charge in [-0.1, -0.05) is 23.2 Å². The monoisotopic (exact) mass is 242 g/mol. The smallest absolute Gasteiger partial charge is 0.238 e. The van der Waals surface area contributed by atoms with Crippen LogP contribution < -0.4 is 4.74 Å². The van der Waals surface area contributed by atoms with Gasteiger partial charge in [-0.15, -0.1) is 5.10 Å². The molecule has 0 aliphatic heterocycles. The summed E-state index contributed by atoms with van der Waals surface area (Å²) in [5, 5.41) is 5.04. The van der Waals surface area contributed by atoms with E-state index in [-0.39, 0.29) is 0 Å². The van der Waals surface area contributed by atoms with E-state index in [1.165, 1.54) is 0 Å². The quantitative estimate of drug-likeness (QED) is 0.806. The number of benzene rings is 1. The highest BCUT2D eigenvalue weighted by atomic mass is 35.5. The Balaban J connectivity index is 2.21. The van der Waals surface area contributed by atoms with Crippen molar-refractivity contribution in [1.29, 1.82) is 0 Å². The molecule has 3 nitrogen and oxygen atoms in total. The van der Waals surface area contributed by atoms with E-state index in [9.17, 15) is 0 Å². The van der Waals surface area contributed by atoms with Crippen molar-refractivity contribution in [1.82, 2.24) is 9.78 Å². The highest BCUT2D eigenvalue weighted by molar-refractivity contribution is 6.42. The molecule has 15 heavy (non-hydrogen) atoms. The van der Waals surface area contributed by atoms with Crippen molar-refractivity contribution in [2.24, 2.45) is 7.05 Å². The molecule has 0 aliphatic rings. The fraction of sp³-hybridized carbons (Fsp3) is 0.100. The number of aromatic nitrogens is 2. The molecule has 0 spiro atoms. The Morgan fingerprint density at radius 3 is 2.60 bits per heavy atom. The van der Waals surface area contributed by atoms with Crippen LogP contribution in [0, 0.1) is 0 Å². The van der Waals surface area contributed by atoms with Crippen LogP contribution in [0.4, 0.5) is 0 Å². The summed E-state index contributed by atoms with van der Waals surface area (Å²) >= 11 is 11.6. The van der Waals surface area contributed by atoms with Crippen molar-refractivity contribution < 1.29 is 4.74 Å². The molecule has 1 aromatic carbocycles. The molecule has 1 aromatic heterocycles. The molecule has 0 N–H and O–H groups in total. The minimum Gasteiger partial charge on any atom is -0.437 e. The Morgan fingerprint density at radius 1 is 1.20 bits per heavy atom. The molecule has 0 fully saturated rings. The summed E-state index contributed by atoms with van der Waals surface area (Å²) in [5.41, 5.74) is 0. The molecule has 2 rings (SSSR count). The van der Waals surface area contributed by atoms with Crippen LogP contribution >= 0.6 is 23.2 Å².